The van der Waals surface area contributed by atoms with Gasteiger partial charge in [0.25, 0.3) is 0 Å². The highest BCUT2D eigenvalue weighted by molar-refractivity contribution is 6.30. The van der Waals surface area contributed by atoms with E-state index in [0.29, 0.717) is 18.0 Å². The van der Waals surface area contributed by atoms with Crippen LogP contribution < -0.4 is 0 Å². The molecule has 92 valence electrons. The lowest BCUT2D eigenvalue weighted by atomic mass is 10.1. The first kappa shape index (κ1) is 12.7. The monoisotopic (exact) mass is 260 g/mol. The third-order valence-corrected chi connectivity index (χ3v) is 2.56. The zero-order valence-electron chi connectivity index (χ0n) is 9.81. The third kappa shape index (κ3) is 3.63. The number of halogens is 1. The summed E-state index contributed by atoms with van der Waals surface area (Å²) in [6.07, 6.45) is 3.92. The molecule has 0 saturated heterocycles. The van der Waals surface area contributed by atoms with Gasteiger partial charge in [0.15, 0.2) is 0 Å². The molecule has 0 spiro atoms. The van der Waals surface area contributed by atoms with Crippen LogP contribution in [-0.4, -0.2) is 21.5 Å². The van der Waals surface area contributed by atoms with E-state index in [4.69, 9.17) is 16.7 Å². The minimum Gasteiger partial charge on any atom is -0.395 e. The number of aliphatic hydroxyl groups excluding tert-OH is 1. The minimum absolute atomic E-state index is 0.102. The van der Waals surface area contributed by atoms with Gasteiger partial charge in [-0.25, -0.2) is 0 Å². The fourth-order valence-electron chi connectivity index (χ4n) is 1.53. The Kier molecular flexibility index (Phi) is 4.40. The first-order chi connectivity index (χ1) is 8.78. The van der Waals surface area contributed by atoms with E-state index in [9.17, 15) is 0 Å². The van der Waals surface area contributed by atoms with Crippen LogP contribution >= 0.6 is 11.6 Å². The molecule has 1 heterocycles. The van der Waals surface area contributed by atoms with E-state index in [2.05, 4.69) is 16.9 Å². The lowest BCUT2D eigenvalue weighted by Gasteiger charge is -2.01. The molecule has 2 rings (SSSR count). The van der Waals surface area contributed by atoms with Crippen LogP contribution in [0, 0.1) is 11.8 Å². The maximum atomic E-state index is 8.63. The smallest absolute Gasteiger partial charge is 0.0785 e. The van der Waals surface area contributed by atoms with E-state index in [0.717, 1.165) is 11.1 Å². The first-order valence-electron chi connectivity index (χ1n) is 5.64. The van der Waals surface area contributed by atoms with Crippen LogP contribution in [-0.2, 0) is 6.54 Å². The Morgan fingerprint density at radius 1 is 1.28 bits per heavy atom. The lowest BCUT2D eigenvalue weighted by molar-refractivity contribution is 0.305. The number of aromatic nitrogens is 2. The fourth-order valence-corrected chi connectivity index (χ4v) is 1.68. The zero-order valence-corrected chi connectivity index (χ0v) is 10.6. The van der Waals surface area contributed by atoms with Crippen molar-refractivity contribution in [2.75, 3.05) is 6.61 Å². The maximum Gasteiger partial charge on any atom is 0.0785 e. The topological polar surface area (TPSA) is 38.0 Å². The molecule has 1 N–H and O–H groups in total. The molecule has 1 aromatic heterocycles. The lowest BCUT2D eigenvalue weighted by Crippen LogP contribution is -1.99. The van der Waals surface area contributed by atoms with Crippen LogP contribution in [0.25, 0.3) is 0 Å². The van der Waals surface area contributed by atoms with Crippen LogP contribution in [0.1, 0.15) is 17.5 Å². The van der Waals surface area contributed by atoms with Crippen molar-refractivity contribution in [2.45, 2.75) is 13.0 Å². The molecular formula is C14H13ClN2O. The summed E-state index contributed by atoms with van der Waals surface area (Å²) in [4.78, 5) is 0. The summed E-state index contributed by atoms with van der Waals surface area (Å²) in [6, 6.07) is 7.95. The summed E-state index contributed by atoms with van der Waals surface area (Å²) in [5, 5.41) is 13.4. The normalized spacial score (nSPS) is 9.89. The molecule has 0 bridgehead atoms. The molecule has 0 aliphatic heterocycles. The summed E-state index contributed by atoms with van der Waals surface area (Å²) < 4.78 is 1.79. The molecule has 3 nitrogen and oxygen atoms in total. The van der Waals surface area contributed by atoms with E-state index in [1.54, 1.807) is 17.1 Å². The molecule has 0 amide bonds. The Morgan fingerprint density at radius 2 is 2.06 bits per heavy atom. The van der Waals surface area contributed by atoms with Crippen molar-refractivity contribution < 1.29 is 5.11 Å². The van der Waals surface area contributed by atoms with Crippen molar-refractivity contribution in [1.82, 2.24) is 9.78 Å². The number of hydrogen-bond donors (Lipinski definition) is 1. The molecule has 0 radical (unpaired) electrons. The Bertz CT molecular complexity index is 563. The van der Waals surface area contributed by atoms with Gasteiger partial charge in [0.2, 0.25) is 0 Å². The summed E-state index contributed by atoms with van der Waals surface area (Å²) in [5.74, 6) is 5.88. The number of benzene rings is 1. The standard InChI is InChI=1S/C14H13ClN2O/c15-14-9-16-17(11-14)10-13-6-4-12(5-7-13)3-1-2-8-18/h4-7,9,11,18H,2,8,10H2. The third-order valence-electron chi connectivity index (χ3n) is 2.37. The Morgan fingerprint density at radius 3 is 2.67 bits per heavy atom. The Hall–Kier alpha value is -1.76. The number of nitrogens with zero attached hydrogens (tertiary/aromatic N) is 2. The number of hydrogen-bond acceptors (Lipinski definition) is 2. The average Bonchev–Trinajstić information content (AvgIpc) is 2.77. The first-order valence-corrected chi connectivity index (χ1v) is 6.02. The number of aliphatic hydroxyl groups is 1. The highest BCUT2D eigenvalue weighted by Gasteiger charge is 1.97. The highest BCUT2D eigenvalue weighted by atomic mass is 35.5. The van der Waals surface area contributed by atoms with Gasteiger partial charge < -0.3 is 5.11 Å². The van der Waals surface area contributed by atoms with Gasteiger partial charge in [0, 0.05) is 18.2 Å². The van der Waals surface area contributed by atoms with E-state index in [1.165, 1.54) is 0 Å². The maximum absolute atomic E-state index is 8.63. The quantitative estimate of drug-likeness (QED) is 0.860. The van der Waals surface area contributed by atoms with Crippen LogP contribution in [0.5, 0.6) is 0 Å². The van der Waals surface area contributed by atoms with Crippen LogP contribution in [0.4, 0.5) is 0 Å². The summed E-state index contributed by atoms with van der Waals surface area (Å²) in [6.45, 7) is 0.794. The van der Waals surface area contributed by atoms with E-state index >= 15 is 0 Å². The molecule has 4 heteroatoms. The average molecular weight is 261 g/mol. The fraction of sp³-hybridized carbons (Fsp3) is 0.214. The molecule has 18 heavy (non-hydrogen) atoms. The largest absolute Gasteiger partial charge is 0.395 e. The van der Waals surface area contributed by atoms with Crippen LogP contribution in [0.2, 0.25) is 5.02 Å². The van der Waals surface area contributed by atoms with Gasteiger partial charge >= 0.3 is 0 Å². The Labute approximate surface area is 111 Å². The van der Waals surface area contributed by atoms with Gasteiger partial charge in [0.05, 0.1) is 24.4 Å². The summed E-state index contributed by atoms with van der Waals surface area (Å²) >= 11 is 5.80. The Balaban J connectivity index is 2.02. The van der Waals surface area contributed by atoms with E-state index in [-0.39, 0.29) is 6.61 Å². The molecule has 0 fully saturated rings. The number of rotatable bonds is 3. The highest BCUT2D eigenvalue weighted by Crippen LogP contribution is 2.09. The van der Waals surface area contributed by atoms with Gasteiger partial charge in [-0.1, -0.05) is 35.6 Å². The second kappa shape index (κ2) is 6.25. The molecule has 0 aliphatic rings. The van der Waals surface area contributed by atoms with Gasteiger partial charge in [-0.05, 0) is 17.7 Å². The van der Waals surface area contributed by atoms with Gasteiger partial charge in [0.1, 0.15) is 0 Å². The molecule has 0 atom stereocenters. The molecular weight excluding hydrogens is 248 g/mol. The summed E-state index contributed by atoms with van der Waals surface area (Å²) in [7, 11) is 0. The van der Waals surface area contributed by atoms with Crippen LogP contribution in [0.15, 0.2) is 36.7 Å². The molecule has 0 saturated carbocycles. The van der Waals surface area contributed by atoms with Crippen molar-refractivity contribution in [3.63, 3.8) is 0 Å². The molecule has 2 aromatic rings. The SMILES string of the molecule is OCCC#Cc1ccc(Cn2cc(Cl)cn2)cc1. The van der Waals surface area contributed by atoms with Crippen molar-refractivity contribution in [2.24, 2.45) is 0 Å². The molecule has 0 unspecified atom stereocenters. The predicted molar refractivity (Wildman–Crippen MR) is 71.4 cm³/mol. The molecule has 0 aliphatic carbocycles. The second-order valence-corrected chi connectivity index (χ2v) is 4.26. The van der Waals surface area contributed by atoms with Gasteiger partial charge in [-0.2, -0.15) is 5.10 Å². The predicted octanol–water partition coefficient (Wildman–Crippen LogP) is 2.32. The second-order valence-electron chi connectivity index (χ2n) is 3.83. The van der Waals surface area contributed by atoms with Gasteiger partial charge in [-0.15, -0.1) is 0 Å². The van der Waals surface area contributed by atoms with Crippen molar-refractivity contribution in [3.05, 3.63) is 52.8 Å². The molecule has 1 aromatic carbocycles. The van der Waals surface area contributed by atoms with E-state index < -0.39 is 0 Å². The van der Waals surface area contributed by atoms with Crippen molar-refractivity contribution >= 4 is 11.6 Å². The van der Waals surface area contributed by atoms with Crippen molar-refractivity contribution in [1.29, 1.82) is 0 Å². The van der Waals surface area contributed by atoms with Crippen molar-refractivity contribution in [3.8, 4) is 11.8 Å². The van der Waals surface area contributed by atoms with Crippen LogP contribution in [0.3, 0.4) is 0 Å². The minimum atomic E-state index is 0.102. The summed E-state index contributed by atoms with van der Waals surface area (Å²) in [5.41, 5.74) is 2.09. The van der Waals surface area contributed by atoms with E-state index in [1.807, 2.05) is 24.3 Å². The van der Waals surface area contributed by atoms with Gasteiger partial charge in [-0.3, -0.25) is 4.68 Å². The zero-order chi connectivity index (χ0) is 12.8.